The highest BCUT2D eigenvalue weighted by molar-refractivity contribution is 7.12. The summed E-state index contributed by atoms with van der Waals surface area (Å²) in [6.45, 7) is 3.06. The number of aliphatic hydroxyl groups excluding tert-OH is 1. The zero-order chi connectivity index (χ0) is 15.1. The molecule has 3 nitrogen and oxygen atoms in total. The summed E-state index contributed by atoms with van der Waals surface area (Å²) in [6.07, 6.45) is 6.68. The van der Waals surface area contributed by atoms with Crippen LogP contribution in [0.3, 0.4) is 0 Å². The number of carbonyl (C=O) groups is 1. The Morgan fingerprint density at radius 3 is 2.90 bits per heavy atom. The topological polar surface area (TPSA) is 49.3 Å². The Hall–Kier alpha value is -1.31. The molecule has 0 atom stereocenters. The van der Waals surface area contributed by atoms with Crippen molar-refractivity contribution >= 4 is 17.2 Å². The molecule has 1 amide bonds. The van der Waals surface area contributed by atoms with Gasteiger partial charge >= 0.3 is 0 Å². The van der Waals surface area contributed by atoms with Gasteiger partial charge < -0.3 is 10.4 Å². The molecular weight excluding hydrogens is 282 g/mol. The van der Waals surface area contributed by atoms with Crippen LogP contribution in [0.15, 0.2) is 11.4 Å². The number of rotatable bonds is 4. The molecule has 0 unspecified atom stereocenters. The minimum absolute atomic E-state index is 0.0231. The molecule has 21 heavy (non-hydrogen) atoms. The van der Waals surface area contributed by atoms with Gasteiger partial charge in [0.1, 0.15) is 4.88 Å². The van der Waals surface area contributed by atoms with Crippen molar-refractivity contribution in [3.63, 3.8) is 0 Å². The average molecular weight is 305 g/mol. The van der Waals surface area contributed by atoms with Gasteiger partial charge in [0.25, 0.3) is 5.91 Å². The monoisotopic (exact) mass is 305 g/mol. The Morgan fingerprint density at radius 1 is 1.43 bits per heavy atom. The maximum absolute atomic E-state index is 12.3. The van der Waals surface area contributed by atoms with Crippen LogP contribution in [0.1, 0.15) is 60.7 Å². The van der Waals surface area contributed by atoms with Crippen molar-refractivity contribution in [2.75, 3.05) is 13.2 Å². The number of thiophene rings is 1. The van der Waals surface area contributed by atoms with Crippen molar-refractivity contribution in [1.29, 1.82) is 0 Å². The van der Waals surface area contributed by atoms with E-state index in [4.69, 9.17) is 5.11 Å². The quantitative estimate of drug-likeness (QED) is 0.839. The van der Waals surface area contributed by atoms with Gasteiger partial charge in [-0.25, -0.2) is 0 Å². The Kier molecular flexibility index (Phi) is 5.84. The van der Waals surface area contributed by atoms with E-state index in [1.54, 1.807) is 0 Å². The lowest BCUT2D eigenvalue weighted by Crippen LogP contribution is -2.36. The maximum atomic E-state index is 12.3. The SMILES string of the molecule is CC1(CNC(=O)c2sccc2C#CCCO)CCCCC1. The Morgan fingerprint density at radius 2 is 2.19 bits per heavy atom. The van der Waals surface area contributed by atoms with E-state index in [2.05, 4.69) is 24.1 Å². The van der Waals surface area contributed by atoms with Crippen LogP contribution in [-0.2, 0) is 0 Å². The van der Waals surface area contributed by atoms with Crippen molar-refractivity contribution < 1.29 is 9.90 Å². The Bertz CT molecular complexity index is 532. The number of carbonyl (C=O) groups excluding carboxylic acids is 1. The summed E-state index contributed by atoms with van der Waals surface area (Å²) in [5, 5.41) is 13.7. The molecule has 2 rings (SSSR count). The number of amides is 1. The van der Waals surface area contributed by atoms with Crippen LogP contribution in [0.25, 0.3) is 0 Å². The first-order valence-electron chi connectivity index (χ1n) is 7.60. The molecule has 1 fully saturated rings. The molecule has 2 N–H and O–H groups in total. The fourth-order valence-corrected chi connectivity index (χ4v) is 3.52. The number of hydrogen-bond acceptors (Lipinski definition) is 3. The second kappa shape index (κ2) is 7.63. The minimum atomic E-state index is -0.0231. The first-order valence-corrected chi connectivity index (χ1v) is 8.48. The van der Waals surface area contributed by atoms with Crippen molar-refractivity contribution in [3.8, 4) is 11.8 Å². The molecule has 1 aromatic rings. The second-order valence-corrected chi connectivity index (χ2v) is 6.91. The Labute approximate surface area is 130 Å². The van der Waals surface area contributed by atoms with Gasteiger partial charge in [0.2, 0.25) is 0 Å². The molecule has 1 aliphatic carbocycles. The molecule has 4 heteroatoms. The fourth-order valence-electron chi connectivity index (χ4n) is 2.75. The zero-order valence-corrected chi connectivity index (χ0v) is 13.4. The lowest BCUT2D eigenvalue weighted by Gasteiger charge is -2.33. The van der Waals surface area contributed by atoms with Crippen LogP contribution >= 0.6 is 11.3 Å². The third kappa shape index (κ3) is 4.59. The highest BCUT2D eigenvalue weighted by Crippen LogP contribution is 2.35. The summed E-state index contributed by atoms with van der Waals surface area (Å²) in [5.74, 6) is 5.81. The minimum Gasteiger partial charge on any atom is -0.395 e. The summed E-state index contributed by atoms with van der Waals surface area (Å²) >= 11 is 1.42. The molecule has 0 spiro atoms. The predicted octanol–water partition coefficient (Wildman–Crippen LogP) is 3.18. The number of aliphatic hydroxyl groups is 1. The third-order valence-electron chi connectivity index (χ3n) is 4.07. The smallest absolute Gasteiger partial charge is 0.262 e. The van der Waals surface area contributed by atoms with E-state index >= 15 is 0 Å². The van der Waals surface area contributed by atoms with Crippen molar-refractivity contribution in [3.05, 3.63) is 21.9 Å². The third-order valence-corrected chi connectivity index (χ3v) is 4.98. The molecule has 0 aromatic carbocycles. The van der Waals surface area contributed by atoms with Crippen LogP contribution in [0.4, 0.5) is 0 Å². The highest BCUT2D eigenvalue weighted by Gasteiger charge is 2.27. The number of hydrogen-bond donors (Lipinski definition) is 2. The van der Waals surface area contributed by atoms with Crippen LogP contribution in [0.2, 0.25) is 0 Å². The van der Waals surface area contributed by atoms with Crippen LogP contribution in [-0.4, -0.2) is 24.2 Å². The molecule has 1 saturated carbocycles. The lowest BCUT2D eigenvalue weighted by atomic mass is 9.76. The Balaban J connectivity index is 1.95. The summed E-state index contributed by atoms with van der Waals surface area (Å²) in [6, 6.07) is 1.87. The summed E-state index contributed by atoms with van der Waals surface area (Å²) in [4.78, 5) is 13.0. The van der Waals surface area contributed by atoms with Gasteiger partial charge in [0.05, 0.1) is 6.61 Å². The molecule has 1 heterocycles. The predicted molar refractivity (Wildman–Crippen MR) is 86.4 cm³/mol. The first-order chi connectivity index (χ1) is 10.1. The van der Waals surface area contributed by atoms with Gasteiger partial charge in [-0.1, -0.05) is 38.0 Å². The summed E-state index contributed by atoms with van der Waals surface area (Å²) in [7, 11) is 0. The molecule has 0 bridgehead atoms. The van der Waals surface area contributed by atoms with E-state index in [0.29, 0.717) is 11.3 Å². The van der Waals surface area contributed by atoms with Gasteiger partial charge in [0, 0.05) is 18.5 Å². The van der Waals surface area contributed by atoms with Gasteiger partial charge in [-0.05, 0) is 29.7 Å². The lowest BCUT2D eigenvalue weighted by molar-refractivity contribution is 0.0923. The standard InChI is InChI=1S/C17H23NO2S/c1-17(9-4-2-5-10-17)13-18-16(20)15-14(8-12-21-15)7-3-6-11-19/h8,12,19H,2,4-6,9-11,13H2,1H3,(H,18,20). The highest BCUT2D eigenvalue weighted by atomic mass is 32.1. The van der Waals surface area contributed by atoms with Crippen molar-refractivity contribution in [2.24, 2.45) is 5.41 Å². The van der Waals surface area contributed by atoms with Crippen LogP contribution in [0.5, 0.6) is 0 Å². The van der Waals surface area contributed by atoms with Crippen molar-refractivity contribution in [1.82, 2.24) is 5.32 Å². The van der Waals surface area contributed by atoms with Gasteiger partial charge in [0.15, 0.2) is 0 Å². The fraction of sp³-hybridized carbons (Fsp3) is 0.588. The van der Waals surface area contributed by atoms with E-state index < -0.39 is 0 Å². The molecular formula is C17H23NO2S. The average Bonchev–Trinajstić information content (AvgIpc) is 2.94. The second-order valence-electron chi connectivity index (χ2n) is 5.99. The first kappa shape index (κ1) is 16.1. The van der Waals surface area contributed by atoms with E-state index in [1.807, 2.05) is 11.4 Å². The largest absolute Gasteiger partial charge is 0.395 e. The van der Waals surface area contributed by atoms with E-state index in [-0.39, 0.29) is 17.9 Å². The van der Waals surface area contributed by atoms with E-state index in [1.165, 1.54) is 43.4 Å². The van der Waals surface area contributed by atoms with Gasteiger partial charge in [-0.15, -0.1) is 11.3 Å². The van der Waals surface area contributed by atoms with E-state index in [0.717, 1.165) is 12.1 Å². The molecule has 1 aromatic heterocycles. The van der Waals surface area contributed by atoms with Crippen LogP contribution in [0, 0.1) is 17.3 Å². The summed E-state index contributed by atoms with van der Waals surface area (Å²) in [5.41, 5.74) is 1.01. The van der Waals surface area contributed by atoms with Crippen LogP contribution < -0.4 is 5.32 Å². The molecule has 0 saturated heterocycles. The summed E-state index contributed by atoms with van der Waals surface area (Å²) < 4.78 is 0. The molecule has 114 valence electrons. The number of nitrogens with one attached hydrogen (secondary N) is 1. The zero-order valence-electron chi connectivity index (χ0n) is 12.6. The normalized spacial score (nSPS) is 16.9. The molecule has 0 aliphatic heterocycles. The molecule has 0 radical (unpaired) electrons. The van der Waals surface area contributed by atoms with Crippen molar-refractivity contribution in [2.45, 2.75) is 45.4 Å². The van der Waals surface area contributed by atoms with E-state index in [9.17, 15) is 4.79 Å². The molecule has 1 aliphatic rings. The maximum Gasteiger partial charge on any atom is 0.262 e. The van der Waals surface area contributed by atoms with Gasteiger partial charge in [-0.2, -0.15) is 0 Å². The van der Waals surface area contributed by atoms with Gasteiger partial charge in [-0.3, -0.25) is 4.79 Å².